The topological polar surface area (TPSA) is 107 Å². The lowest BCUT2D eigenvalue weighted by Crippen LogP contribution is -2.39. The zero-order chi connectivity index (χ0) is 14.8. The summed E-state index contributed by atoms with van der Waals surface area (Å²) in [5, 5.41) is 11.0. The van der Waals surface area contributed by atoms with Crippen molar-refractivity contribution in [2.24, 2.45) is 5.73 Å². The van der Waals surface area contributed by atoms with E-state index in [-0.39, 0.29) is 11.6 Å². The Morgan fingerprint density at radius 1 is 1.53 bits per heavy atom. The van der Waals surface area contributed by atoms with Crippen LogP contribution in [-0.4, -0.2) is 37.3 Å². The van der Waals surface area contributed by atoms with Gasteiger partial charge in [-0.3, -0.25) is 10.1 Å². The largest absolute Gasteiger partial charge is 0.329 e. The van der Waals surface area contributed by atoms with E-state index in [0.29, 0.717) is 0 Å². The molecule has 0 bridgehead atoms. The SMILES string of the molecule is CC(CN)N(C)S(=O)(=O)c1cc(Cl)ccc1[N+](=O)[O-]. The molecule has 1 aromatic rings. The molecule has 1 rings (SSSR count). The monoisotopic (exact) mass is 307 g/mol. The van der Waals surface area contributed by atoms with E-state index in [0.717, 1.165) is 16.4 Å². The second-order valence-electron chi connectivity index (χ2n) is 3.98. The van der Waals surface area contributed by atoms with Crippen LogP contribution in [0.4, 0.5) is 5.69 Å². The number of nitrogens with zero attached hydrogens (tertiary/aromatic N) is 2. The van der Waals surface area contributed by atoms with Crippen LogP contribution in [0.25, 0.3) is 0 Å². The normalized spacial score (nSPS) is 13.5. The van der Waals surface area contributed by atoms with E-state index >= 15 is 0 Å². The molecule has 1 unspecified atom stereocenters. The van der Waals surface area contributed by atoms with E-state index in [2.05, 4.69) is 0 Å². The molecule has 19 heavy (non-hydrogen) atoms. The van der Waals surface area contributed by atoms with Crippen molar-refractivity contribution < 1.29 is 13.3 Å². The molecule has 0 aliphatic heterocycles. The first-order valence-corrected chi connectivity index (χ1v) is 7.15. The van der Waals surface area contributed by atoms with Crippen molar-refractivity contribution in [3.05, 3.63) is 33.3 Å². The number of halogens is 1. The van der Waals surface area contributed by atoms with Crippen LogP contribution in [0.2, 0.25) is 5.02 Å². The third kappa shape index (κ3) is 3.21. The molecule has 7 nitrogen and oxygen atoms in total. The highest BCUT2D eigenvalue weighted by molar-refractivity contribution is 7.89. The van der Waals surface area contributed by atoms with Gasteiger partial charge in [-0.1, -0.05) is 11.6 Å². The number of hydrogen-bond donors (Lipinski definition) is 1. The fourth-order valence-electron chi connectivity index (χ4n) is 1.39. The molecule has 1 aromatic carbocycles. The number of likely N-dealkylation sites (N-methyl/N-ethyl adjacent to an activating group) is 1. The standard InChI is InChI=1S/C10H14ClN3O4S/c1-7(6-12)13(2)19(17,18)10-5-8(11)3-4-9(10)14(15)16/h3-5,7H,6,12H2,1-2H3. The van der Waals surface area contributed by atoms with Gasteiger partial charge < -0.3 is 5.73 Å². The van der Waals surface area contributed by atoms with Gasteiger partial charge in [0.1, 0.15) is 0 Å². The lowest BCUT2D eigenvalue weighted by molar-refractivity contribution is -0.387. The summed E-state index contributed by atoms with van der Waals surface area (Å²) in [5.41, 5.74) is 4.90. The van der Waals surface area contributed by atoms with Crippen molar-refractivity contribution in [2.75, 3.05) is 13.6 Å². The highest BCUT2D eigenvalue weighted by Crippen LogP contribution is 2.29. The van der Waals surface area contributed by atoms with Crippen molar-refractivity contribution >= 4 is 27.3 Å². The molecular formula is C10H14ClN3O4S. The molecule has 2 N–H and O–H groups in total. The minimum Gasteiger partial charge on any atom is -0.329 e. The number of sulfonamides is 1. The number of nitro benzene ring substituents is 1. The first kappa shape index (κ1) is 15.8. The fraction of sp³-hybridized carbons (Fsp3) is 0.400. The maximum atomic E-state index is 12.3. The summed E-state index contributed by atoms with van der Waals surface area (Å²) in [7, 11) is -2.70. The van der Waals surface area contributed by atoms with Crippen molar-refractivity contribution in [1.29, 1.82) is 0 Å². The Morgan fingerprint density at radius 3 is 2.58 bits per heavy atom. The van der Waals surface area contributed by atoms with Gasteiger partial charge in [0.05, 0.1) is 4.92 Å². The summed E-state index contributed by atoms with van der Waals surface area (Å²) in [6.45, 7) is 1.71. The summed E-state index contributed by atoms with van der Waals surface area (Å²) >= 11 is 5.72. The minimum atomic E-state index is -4.02. The molecule has 0 aliphatic rings. The molecule has 0 radical (unpaired) electrons. The van der Waals surface area contributed by atoms with Crippen LogP contribution in [-0.2, 0) is 10.0 Å². The molecule has 0 heterocycles. The molecule has 0 saturated heterocycles. The van der Waals surface area contributed by atoms with E-state index in [1.165, 1.54) is 13.1 Å². The number of nitro groups is 1. The molecule has 0 aliphatic carbocycles. The Kier molecular flexibility index (Phi) is 4.86. The first-order valence-electron chi connectivity index (χ1n) is 5.34. The second kappa shape index (κ2) is 5.83. The predicted octanol–water partition coefficient (Wildman–Crippen LogP) is 1.22. The van der Waals surface area contributed by atoms with Crippen molar-refractivity contribution in [3.63, 3.8) is 0 Å². The Balaban J connectivity index is 3.43. The fourth-order valence-corrected chi connectivity index (χ4v) is 3.18. The second-order valence-corrected chi connectivity index (χ2v) is 6.38. The molecular weight excluding hydrogens is 294 g/mol. The van der Waals surface area contributed by atoms with E-state index in [1.54, 1.807) is 6.92 Å². The van der Waals surface area contributed by atoms with Crippen molar-refractivity contribution in [1.82, 2.24) is 4.31 Å². The van der Waals surface area contributed by atoms with Gasteiger partial charge in [-0.2, -0.15) is 4.31 Å². The smallest absolute Gasteiger partial charge is 0.289 e. The maximum absolute atomic E-state index is 12.3. The van der Waals surface area contributed by atoms with Crippen LogP contribution in [0.15, 0.2) is 23.1 Å². The van der Waals surface area contributed by atoms with Crippen LogP contribution in [0, 0.1) is 10.1 Å². The third-order valence-electron chi connectivity index (χ3n) is 2.74. The first-order chi connectivity index (χ1) is 8.71. The number of hydrogen-bond acceptors (Lipinski definition) is 5. The molecule has 0 amide bonds. The quantitative estimate of drug-likeness (QED) is 0.650. The summed E-state index contributed by atoms with van der Waals surface area (Å²) in [6.07, 6.45) is 0. The van der Waals surface area contributed by atoms with Gasteiger partial charge in [0.2, 0.25) is 10.0 Å². The molecule has 106 valence electrons. The summed E-state index contributed by atoms with van der Waals surface area (Å²) in [4.78, 5) is 9.70. The predicted molar refractivity (Wildman–Crippen MR) is 71.6 cm³/mol. The lowest BCUT2D eigenvalue weighted by atomic mass is 10.3. The number of rotatable bonds is 5. The van der Waals surface area contributed by atoms with Crippen LogP contribution in [0.5, 0.6) is 0 Å². The number of benzene rings is 1. The van der Waals surface area contributed by atoms with Gasteiger partial charge in [-0.05, 0) is 19.1 Å². The molecule has 0 spiro atoms. The summed E-state index contributed by atoms with van der Waals surface area (Å²) in [5.74, 6) is 0. The van der Waals surface area contributed by atoms with Crippen LogP contribution in [0.1, 0.15) is 6.92 Å². The van der Waals surface area contributed by atoms with E-state index < -0.39 is 31.6 Å². The third-order valence-corrected chi connectivity index (χ3v) is 4.97. The van der Waals surface area contributed by atoms with Crippen LogP contribution < -0.4 is 5.73 Å². The van der Waals surface area contributed by atoms with Crippen molar-refractivity contribution in [3.8, 4) is 0 Å². The molecule has 9 heteroatoms. The summed E-state index contributed by atoms with van der Waals surface area (Å²) < 4.78 is 25.6. The van der Waals surface area contributed by atoms with Gasteiger partial charge in [0.15, 0.2) is 4.90 Å². The minimum absolute atomic E-state index is 0.101. The average molecular weight is 308 g/mol. The van der Waals surface area contributed by atoms with E-state index in [9.17, 15) is 18.5 Å². The molecule has 0 saturated carbocycles. The van der Waals surface area contributed by atoms with E-state index in [4.69, 9.17) is 17.3 Å². The van der Waals surface area contributed by atoms with Crippen molar-refractivity contribution in [2.45, 2.75) is 17.9 Å². The lowest BCUT2D eigenvalue weighted by Gasteiger charge is -2.22. The van der Waals surface area contributed by atoms with E-state index in [1.807, 2.05) is 0 Å². The van der Waals surface area contributed by atoms with Gasteiger partial charge >= 0.3 is 0 Å². The number of nitrogens with two attached hydrogens (primary N) is 1. The van der Waals surface area contributed by atoms with Gasteiger partial charge in [-0.15, -0.1) is 0 Å². The Morgan fingerprint density at radius 2 is 2.11 bits per heavy atom. The zero-order valence-corrected chi connectivity index (χ0v) is 12.0. The molecule has 0 fully saturated rings. The highest BCUT2D eigenvalue weighted by atomic mass is 35.5. The molecule has 0 aromatic heterocycles. The van der Waals surface area contributed by atoms with Gasteiger partial charge in [0.25, 0.3) is 5.69 Å². The van der Waals surface area contributed by atoms with Gasteiger partial charge in [-0.25, -0.2) is 8.42 Å². The average Bonchev–Trinajstić information content (AvgIpc) is 2.36. The zero-order valence-electron chi connectivity index (χ0n) is 10.4. The maximum Gasteiger partial charge on any atom is 0.289 e. The van der Waals surface area contributed by atoms with Crippen LogP contribution >= 0.6 is 11.6 Å². The van der Waals surface area contributed by atoms with Crippen LogP contribution in [0.3, 0.4) is 0 Å². The highest BCUT2D eigenvalue weighted by Gasteiger charge is 2.31. The molecule has 1 atom stereocenters. The van der Waals surface area contributed by atoms with Gasteiger partial charge in [0, 0.05) is 30.7 Å². The Labute approximate surface area is 116 Å². The Hall–Kier alpha value is -1.22. The Bertz CT molecular complexity index is 590. The summed E-state index contributed by atoms with van der Waals surface area (Å²) in [6, 6.07) is 2.92.